The van der Waals surface area contributed by atoms with E-state index >= 15 is 0 Å². The molecule has 3 unspecified atom stereocenters. The number of fused-ring (bicyclic) bond motifs is 1. The molecule has 28 heavy (non-hydrogen) atoms. The second-order valence-electron chi connectivity index (χ2n) is 6.28. The quantitative estimate of drug-likeness (QED) is 0.720. The third-order valence-electron chi connectivity index (χ3n) is 4.48. The first kappa shape index (κ1) is 20.6. The fourth-order valence-corrected chi connectivity index (χ4v) is 5.22. The van der Waals surface area contributed by atoms with Crippen LogP contribution in [-0.2, 0) is 22.2 Å². The predicted octanol–water partition coefficient (Wildman–Crippen LogP) is 3.65. The van der Waals surface area contributed by atoms with Crippen molar-refractivity contribution in [1.29, 1.82) is 0 Å². The monoisotopic (exact) mass is 426 g/mol. The maximum absolute atomic E-state index is 13.0. The average molecular weight is 426 g/mol. The number of benzene rings is 2. The molecule has 3 rings (SSSR count). The van der Waals surface area contributed by atoms with Gasteiger partial charge in [-0.3, -0.25) is 0 Å². The molecule has 0 saturated heterocycles. The van der Waals surface area contributed by atoms with E-state index in [1.54, 1.807) is 0 Å². The molecule has 0 radical (unpaired) electrons. The maximum Gasteiger partial charge on any atom is 0.416 e. The van der Waals surface area contributed by atoms with Gasteiger partial charge in [-0.2, -0.15) is 26.3 Å². The Balaban J connectivity index is 2.14. The van der Waals surface area contributed by atoms with Gasteiger partial charge in [-0.15, -0.1) is 0 Å². The lowest BCUT2D eigenvalue weighted by Gasteiger charge is -2.23. The summed E-state index contributed by atoms with van der Waals surface area (Å²) in [5.74, 6) is 0. The lowest BCUT2D eigenvalue weighted by molar-refractivity contribution is -0.143. The summed E-state index contributed by atoms with van der Waals surface area (Å²) in [5, 5.41) is 18.6. The summed E-state index contributed by atoms with van der Waals surface area (Å²) in [5.41, 5.74) is -4.39. The van der Waals surface area contributed by atoms with Gasteiger partial charge in [0.1, 0.15) is 11.4 Å². The molecule has 0 aliphatic carbocycles. The third kappa shape index (κ3) is 3.38. The van der Waals surface area contributed by atoms with Crippen molar-refractivity contribution in [3.05, 3.63) is 64.7 Å². The first-order valence-electron chi connectivity index (χ1n) is 7.73. The fraction of sp³-hybridized carbons (Fsp3) is 0.294. The van der Waals surface area contributed by atoms with Gasteiger partial charge in [-0.1, -0.05) is 18.2 Å². The van der Waals surface area contributed by atoms with Gasteiger partial charge in [0.2, 0.25) is 0 Å². The van der Waals surface area contributed by atoms with Crippen molar-refractivity contribution in [2.45, 2.75) is 34.7 Å². The van der Waals surface area contributed by atoms with Crippen molar-refractivity contribution in [1.82, 2.24) is 0 Å². The largest absolute Gasteiger partial charge is 0.416 e. The van der Waals surface area contributed by atoms with Crippen LogP contribution in [0.3, 0.4) is 0 Å². The Morgan fingerprint density at radius 2 is 1.39 bits per heavy atom. The second kappa shape index (κ2) is 6.46. The van der Waals surface area contributed by atoms with E-state index in [2.05, 4.69) is 0 Å². The van der Waals surface area contributed by atoms with E-state index in [-0.39, 0.29) is 28.7 Å². The topological polar surface area (TPSA) is 74.6 Å². The van der Waals surface area contributed by atoms with E-state index in [0.29, 0.717) is 0 Å². The van der Waals surface area contributed by atoms with Crippen LogP contribution >= 0.6 is 0 Å². The van der Waals surface area contributed by atoms with E-state index in [9.17, 15) is 45.0 Å². The molecule has 1 aliphatic heterocycles. The van der Waals surface area contributed by atoms with E-state index in [1.165, 1.54) is 18.2 Å². The number of hydrogen-bond donors (Lipinski definition) is 2. The molecule has 1 aliphatic rings. The highest BCUT2D eigenvalue weighted by Gasteiger charge is 2.49. The molecule has 1 heterocycles. The number of rotatable bonds is 2. The second-order valence-corrected chi connectivity index (χ2v) is 8.35. The van der Waals surface area contributed by atoms with E-state index in [0.717, 1.165) is 6.07 Å². The SMILES string of the molecule is O=S1(=O)c2ccccc2C(O)C1C(O)c1cc(C(F)(F)F)cc(C(F)(F)F)c1. The molecule has 152 valence electrons. The van der Waals surface area contributed by atoms with Gasteiger partial charge >= 0.3 is 12.4 Å². The molecule has 0 fully saturated rings. The van der Waals surface area contributed by atoms with Gasteiger partial charge in [0, 0.05) is 5.56 Å². The molecule has 11 heteroatoms. The zero-order chi connectivity index (χ0) is 21.1. The van der Waals surface area contributed by atoms with Crippen molar-refractivity contribution >= 4 is 9.84 Å². The van der Waals surface area contributed by atoms with Gasteiger partial charge < -0.3 is 10.2 Å². The Hall–Kier alpha value is -2.11. The molecule has 0 spiro atoms. The number of hydrogen-bond acceptors (Lipinski definition) is 4. The number of aliphatic hydroxyl groups excluding tert-OH is 2. The van der Waals surface area contributed by atoms with Crippen molar-refractivity contribution in [3.8, 4) is 0 Å². The first-order valence-corrected chi connectivity index (χ1v) is 9.27. The van der Waals surface area contributed by atoms with Crippen LogP contribution in [0.5, 0.6) is 0 Å². The van der Waals surface area contributed by atoms with Crippen LogP contribution in [-0.4, -0.2) is 23.9 Å². The van der Waals surface area contributed by atoms with Gasteiger partial charge in [-0.05, 0) is 29.8 Å². The zero-order valence-corrected chi connectivity index (χ0v) is 14.5. The average Bonchev–Trinajstić information content (AvgIpc) is 2.79. The number of halogens is 6. The molecule has 2 aromatic rings. The molecule has 3 atom stereocenters. The summed E-state index contributed by atoms with van der Waals surface area (Å²) < 4.78 is 103. The molecule has 0 bridgehead atoms. The highest BCUT2D eigenvalue weighted by atomic mass is 32.2. The van der Waals surface area contributed by atoms with E-state index in [1.807, 2.05) is 0 Å². The summed E-state index contributed by atoms with van der Waals surface area (Å²) in [6.07, 6.45) is -14.5. The van der Waals surface area contributed by atoms with Crippen LogP contribution < -0.4 is 0 Å². The molecular formula is C17H12F6O4S. The minimum absolute atomic E-state index is 0.0884. The van der Waals surface area contributed by atoms with Gasteiger partial charge in [0.05, 0.1) is 22.1 Å². The Bertz CT molecular complexity index is 981. The first-order chi connectivity index (χ1) is 12.7. The number of aliphatic hydroxyl groups is 2. The highest BCUT2D eigenvalue weighted by Crippen LogP contribution is 2.46. The Morgan fingerprint density at radius 1 is 0.893 bits per heavy atom. The Kier molecular flexibility index (Phi) is 4.76. The lowest BCUT2D eigenvalue weighted by Crippen LogP contribution is -2.29. The van der Waals surface area contributed by atoms with E-state index in [4.69, 9.17) is 0 Å². The third-order valence-corrected chi connectivity index (χ3v) is 6.69. The molecule has 0 saturated carbocycles. The van der Waals surface area contributed by atoms with Crippen LogP contribution in [0.2, 0.25) is 0 Å². The summed E-state index contributed by atoms with van der Waals surface area (Å²) in [7, 11) is -4.40. The molecule has 4 nitrogen and oxygen atoms in total. The van der Waals surface area contributed by atoms with E-state index < -0.39 is 56.3 Å². The summed E-state index contributed by atoms with van der Waals surface area (Å²) >= 11 is 0. The Morgan fingerprint density at radius 3 is 1.86 bits per heavy atom. The highest BCUT2D eigenvalue weighted by molar-refractivity contribution is 7.92. The minimum Gasteiger partial charge on any atom is -0.387 e. The summed E-state index contributed by atoms with van der Waals surface area (Å²) in [4.78, 5) is -0.338. The van der Waals surface area contributed by atoms with Crippen LogP contribution in [0.25, 0.3) is 0 Å². The fourth-order valence-electron chi connectivity index (χ4n) is 3.16. The van der Waals surface area contributed by atoms with Crippen molar-refractivity contribution in [2.75, 3.05) is 0 Å². The molecular weight excluding hydrogens is 414 g/mol. The van der Waals surface area contributed by atoms with Crippen molar-refractivity contribution in [2.24, 2.45) is 0 Å². The van der Waals surface area contributed by atoms with Crippen LogP contribution in [0.4, 0.5) is 26.3 Å². The minimum atomic E-state index is -5.16. The van der Waals surface area contributed by atoms with Crippen LogP contribution in [0.15, 0.2) is 47.4 Å². The summed E-state index contributed by atoms with van der Waals surface area (Å²) in [6.45, 7) is 0. The Labute approximate surface area is 155 Å². The summed E-state index contributed by atoms with van der Waals surface area (Å²) in [6, 6.07) is 5.47. The smallest absolute Gasteiger partial charge is 0.387 e. The molecule has 0 amide bonds. The van der Waals surface area contributed by atoms with Crippen LogP contribution in [0, 0.1) is 0 Å². The normalized spacial score (nSPS) is 22.7. The zero-order valence-electron chi connectivity index (χ0n) is 13.7. The van der Waals surface area contributed by atoms with Crippen LogP contribution in [0.1, 0.15) is 34.5 Å². The van der Waals surface area contributed by atoms with Crippen molar-refractivity contribution in [3.63, 3.8) is 0 Å². The van der Waals surface area contributed by atoms with Gasteiger partial charge in [-0.25, -0.2) is 8.42 Å². The molecule has 2 N–H and O–H groups in total. The molecule has 0 aromatic heterocycles. The van der Waals surface area contributed by atoms with Crippen molar-refractivity contribution < 1.29 is 45.0 Å². The standard InChI is InChI=1S/C17H12F6O4S/c18-16(19,20)9-5-8(6-10(7-9)17(21,22)23)13(24)15-14(25)11-3-1-2-4-12(11)28(15,26)27/h1-7,13-15,24-25H. The molecule has 2 aromatic carbocycles. The van der Waals surface area contributed by atoms with Gasteiger partial charge in [0.25, 0.3) is 0 Å². The van der Waals surface area contributed by atoms with Gasteiger partial charge in [0.15, 0.2) is 9.84 Å². The maximum atomic E-state index is 13.0. The lowest BCUT2D eigenvalue weighted by atomic mass is 9.95. The number of alkyl halides is 6. The predicted molar refractivity (Wildman–Crippen MR) is 83.8 cm³/mol. The number of sulfone groups is 1.